The molecule has 11 aromatic carbocycles. The van der Waals surface area contributed by atoms with Crippen molar-refractivity contribution in [3.63, 3.8) is 0 Å². The molecule has 2 fully saturated rings. The van der Waals surface area contributed by atoms with Crippen LogP contribution in [-0.2, 0) is 50.6 Å². The van der Waals surface area contributed by atoms with E-state index in [2.05, 4.69) is 221 Å². The molecule has 0 aromatic heterocycles. The Bertz CT molecular complexity index is 4520. The molecular formula is C125H177O15P5. The summed E-state index contributed by atoms with van der Waals surface area (Å²) in [7, 11) is -7.85. The molecule has 11 aromatic rings. The molecule has 0 unspecified atom stereocenters. The summed E-state index contributed by atoms with van der Waals surface area (Å²) in [5.74, 6) is 8.10. The quantitative estimate of drug-likeness (QED) is 0.0264. The number of hydrogen-bond acceptors (Lipinski definition) is 15. The summed E-state index contributed by atoms with van der Waals surface area (Å²) in [5, 5.41) is 0. The van der Waals surface area contributed by atoms with Crippen LogP contribution in [0.3, 0.4) is 0 Å². The van der Waals surface area contributed by atoms with Crippen LogP contribution in [0, 0.1) is 5.41 Å². The molecule has 0 N–H and O–H groups in total. The Kier molecular flexibility index (Phi) is 56.6. The summed E-state index contributed by atoms with van der Waals surface area (Å²) >= 11 is 0. The van der Waals surface area contributed by atoms with Gasteiger partial charge in [0.15, 0.2) is 0 Å². The highest BCUT2D eigenvalue weighted by atomic mass is 31.2. The summed E-state index contributed by atoms with van der Waals surface area (Å²) in [6, 6.07) is 95.7. The molecule has 0 radical (unpaired) electrons. The second kappa shape index (κ2) is 66.6. The van der Waals surface area contributed by atoms with Crippen LogP contribution in [-0.4, -0.2) is 26.4 Å². The summed E-state index contributed by atoms with van der Waals surface area (Å²) in [4.78, 5) is 0. The highest BCUT2D eigenvalue weighted by molar-refractivity contribution is 7.44. The van der Waals surface area contributed by atoms with Crippen molar-refractivity contribution >= 4 is 43.0 Å². The summed E-state index contributed by atoms with van der Waals surface area (Å²) in [6.45, 7) is 55.9. The van der Waals surface area contributed by atoms with E-state index in [4.69, 9.17) is 67.9 Å². The molecule has 145 heavy (non-hydrogen) atoms. The fourth-order valence-electron chi connectivity index (χ4n) is 14.7. The molecule has 2 heterocycles. The Morgan fingerprint density at radius 1 is 0.207 bits per heavy atom. The van der Waals surface area contributed by atoms with Crippen molar-refractivity contribution in [2.24, 2.45) is 5.41 Å². The van der Waals surface area contributed by atoms with E-state index in [1.165, 1.54) is 171 Å². The maximum atomic E-state index is 6.90. The monoisotopic (exact) mass is 2070 g/mol. The smallest absolute Gasteiger partial charge is 0.427 e. The van der Waals surface area contributed by atoms with Crippen molar-refractivity contribution in [2.45, 2.75) is 353 Å². The summed E-state index contributed by atoms with van der Waals surface area (Å²) in [5.41, 5.74) is 6.54. The van der Waals surface area contributed by atoms with Crippen molar-refractivity contribution < 1.29 is 67.9 Å². The van der Waals surface area contributed by atoms with E-state index in [1.54, 1.807) is 0 Å². The molecule has 13 rings (SSSR count). The molecule has 792 valence electrons. The average Bonchev–Trinajstić information content (AvgIpc) is 0.780. The van der Waals surface area contributed by atoms with Gasteiger partial charge in [-0.1, -0.05) is 502 Å². The zero-order valence-corrected chi connectivity index (χ0v) is 96.9. The molecule has 20 heteroatoms. The van der Waals surface area contributed by atoms with Crippen LogP contribution in [0.4, 0.5) is 0 Å². The molecule has 0 bridgehead atoms. The van der Waals surface area contributed by atoms with Gasteiger partial charge in [-0.15, -0.1) is 0 Å². The maximum absolute atomic E-state index is 6.90. The normalized spacial score (nSPS) is 14.6. The Morgan fingerprint density at radius 2 is 0.372 bits per heavy atom. The lowest BCUT2D eigenvalue weighted by atomic mass is 9.80. The van der Waals surface area contributed by atoms with Gasteiger partial charge in [-0.05, 0) is 164 Å². The molecular weight excluding hydrogens is 1900 g/mol. The van der Waals surface area contributed by atoms with Crippen LogP contribution < -0.4 is 49.8 Å². The van der Waals surface area contributed by atoms with Gasteiger partial charge >= 0.3 is 43.0 Å². The fraction of sp³-hybridized carbons (Fsp3) is 0.472. The second-order valence-electron chi connectivity index (χ2n) is 43.2. The zero-order chi connectivity index (χ0) is 105. The van der Waals surface area contributed by atoms with E-state index < -0.39 is 43.0 Å². The Labute approximate surface area is 883 Å². The van der Waals surface area contributed by atoms with E-state index in [-0.39, 0.29) is 37.9 Å². The summed E-state index contributed by atoms with van der Waals surface area (Å²) < 4.78 is 90.2. The highest BCUT2D eigenvalue weighted by Gasteiger charge is 2.45. The third-order valence-electron chi connectivity index (χ3n) is 23.6. The SMILES string of the molecule is CC(C)(C)c1ccc(OP(Oc2ccc(C(C)(C)C)cc2C(C)(C)C)Oc2ccc(C(C)(C)C)cc2C(C)(C)C)c(C(C)(C)C)c1.CCCCCCCCCC.CCCCCCCCCC.CCCCCCCCCC.c1ccc(OP(Oc2ccccc2)Oc2ccccc2)cc1.c1ccc(OP(Oc2ccccc2)Oc2ccccc2)cc1.c1ccc(OP2OCC3(CO2)COP(Oc2ccccc2)OC3)cc1. The lowest BCUT2D eigenvalue weighted by Crippen LogP contribution is -2.45. The lowest BCUT2D eigenvalue weighted by molar-refractivity contribution is -0.0673. The zero-order valence-electron chi connectivity index (χ0n) is 92.4. The van der Waals surface area contributed by atoms with E-state index in [0.29, 0.717) is 60.9 Å². The standard InChI is InChI=1S/C42H63O3P.2C18H15O3P.C17H18O6P2.3C10H22/c1-37(2,3)28-19-22-34(31(25-28)40(10,11)12)43-46(44-35-23-20-29(38(4,5)6)26-32(35)41(13,14)15)45-36-24-21-30(39(7,8)9)27-33(36)42(16,17)18;2*1-4-10-16(11-5-1)19-22(20-17-12-6-2-7-13-17)21-18-14-8-3-9-15-18;1-3-7-15(8-4-1)22-24-18-11-17(12-19-24)13-20-25(21-14-17)23-16-9-5-2-6-10-16;3*1-3-5-7-9-10-8-6-4-2/h19-27H,1-18H3;2*1-15H;1-10H,11-14H2;3*3-10H2,1-2H3. The topological polar surface area (TPSA) is 138 Å². The number of unbranched alkanes of at least 4 members (excludes halogenated alkanes) is 21. The van der Waals surface area contributed by atoms with Crippen molar-refractivity contribution in [1.29, 1.82) is 0 Å². The van der Waals surface area contributed by atoms with Gasteiger partial charge in [-0.2, -0.15) is 0 Å². The molecule has 2 aliphatic rings. The first-order chi connectivity index (χ1) is 69.4. The summed E-state index contributed by atoms with van der Waals surface area (Å²) in [6.07, 6.45) is 34.4. The number of para-hydroxylation sites is 8. The second-order valence-corrected chi connectivity index (χ2v) is 48.5. The van der Waals surface area contributed by atoms with Crippen molar-refractivity contribution in [3.05, 3.63) is 331 Å². The molecule has 0 amide bonds. The third-order valence-corrected chi connectivity index (χ3v) is 28.9. The minimum Gasteiger partial charge on any atom is -0.427 e. The van der Waals surface area contributed by atoms with Crippen LogP contribution in [0.2, 0.25) is 0 Å². The van der Waals surface area contributed by atoms with Gasteiger partial charge in [0, 0.05) is 16.7 Å². The van der Waals surface area contributed by atoms with Gasteiger partial charge in [0.25, 0.3) is 0 Å². The van der Waals surface area contributed by atoms with Gasteiger partial charge in [0.05, 0.1) is 31.8 Å². The van der Waals surface area contributed by atoms with Crippen molar-refractivity contribution in [1.82, 2.24) is 0 Å². The molecule has 0 aliphatic carbocycles. The maximum Gasteiger partial charge on any atom is 0.530 e. The first-order valence-corrected chi connectivity index (χ1v) is 58.8. The van der Waals surface area contributed by atoms with Gasteiger partial charge in [0.2, 0.25) is 0 Å². The Balaban J connectivity index is 0.000000247. The van der Waals surface area contributed by atoms with E-state index >= 15 is 0 Å². The molecule has 15 nitrogen and oxygen atoms in total. The molecule has 0 atom stereocenters. The van der Waals surface area contributed by atoms with E-state index in [1.807, 2.05) is 243 Å². The number of rotatable bonds is 43. The number of benzene rings is 11. The molecule has 0 saturated carbocycles. The average molecular weight is 2070 g/mol. The fourth-order valence-corrected chi connectivity index (χ4v) is 20.3. The van der Waals surface area contributed by atoms with Crippen LogP contribution >= 0.6 is 43.0 Å². The van der Waals surface area contributed by atoms with Crippen molar-refractivity contribution in [3.8, 4) is 63.2 Å². The first-order valence-electron chi connectivity index (χ1n) is 53.3. The van der Waals surface area contributed by atoms with Crippen molar-refractivity contribution in [2.75, 3.05) is 26.4 Å². The molecule has 2 aliphatic heterocycles. The Hall–Kier alpha value is -8.79. The van der Waals surface area contributed by atoms with Gasteiger partial charge in [-0.25, -0.2) is 0 Å². The van der Waals surface area contributed by atoms with Crippen LogP contribution in [0.25, 0.3) is 0 Å². The molecule has 1 spiro atoms. The lowest BCUT2D eigenvalue weighted by Gasteiger charge is -2.41. The largest absolute Gasteiger partial charge is 0.530 e. The van der Waals surface area contributed by atoms with Gasteiger partial charge in [0.1, 0.15) is 63.2 Å². The predicted octanol–water partition coefficient (Wildman–Crippen LogP) is 41.3. The molecule has 2 saturated heterocycles. The van der Waals surface area contributed by atoms with Gasteiger partial charge in [-0.3, -0.25) is 0 Å². The minimum absolute atomic E-state index is 0.0170. The predicted molar refractivity (Wildman–Crippen MR) is 616 cm³/mol. The van der Waals surface area contributed by atoms with Crippen LogP contribution in [0.5, 0.6) is 63.2 Å². The van der Waals surface area contributed by atoms with Crippen LogP contribution in [0.15, 0.2) is 297 Å². The van der Waals surface area contributed by atoms with Gasteiger partial charge < -0.3 is 67.9 Å². The number of hydrogen-bond donors (Lipinski definition) is 0. The van der Waals surface area contributed by atoms with Crippen LogP contribution in [0.1, 0.15) is 354 Å². The van der Waals surface area contributed by atoms with E-state index in [9.17, 15) is 0 Å². The first kappa shape index (κ1) is 123. The minimum atomic E-state index is -1.89. The highest BCUT2D eigenvalue weighted by Crippen LogP contribution is 2.55. The third kappa shape index (κ3) is 49.9. The Morgan fingerprint density at radius 3 is 0.538 bits per heavy atom. The van der Waals surface area contributed by atoms with E-state index in [0.717, 1.165) is 45.4 Å².